The van der Waals surface area contributed by atoms with E-state index < -0.39 is 0 Å². The number of pyridine rings is 1. The van der Waals surface area contributed by atoms with E-state index in [-0.39, 0.29) is 5.75 Å². The maximum absolute atomic E-state index is 9.63. The normalized spacial score (nSPS) is 12.0. The lowest BCUT2D eigenvalue weighted by molar-refractivity contribution is 0.475. The maximum atomic E-state index is 9.63. The molecule has 3 heteroatoms. The summed E-state index contributed by atoms with van der Waals surface area (Å²) < 4.78 is 0. The van der Waals surface area contributed by atoms with Gasteiger partial charge in [0.25, 0.3) is 0 Å². The third-order valence-corrected chi connectivity index (χ3v) is 5.44. The van der Waals surface area contributed by atoms with Gasteiger partial charge >= 0.3 is 0 Å². The molecular formula is C22H15NOS. The molecule has 0 amide bonds. The van der Waals surface area contributed by atoms with E-state index >= 15 is 0 Å². The third-order valence-electron chi connectivity index (χ3n) is 4.76. The van der Waals surface area contributed by atoms with E-state index in [1.807, 2.05) is 12.1 Å². The van der Waals surface area contributed by atoms with Gasteiger partial charge in [-0.15, -0.1) is 0 Å². The Morgan fingerprint density at radius 2 is 1.72 bits per heavy atom. The highest BCUT2D eigenvalue weighted by Crippen LogP contribution is 2.42. The minimum absolute atomic E-state index is 0.288. The van der Waals surface area contributed by atoms with E-state index in [0.717, 1.165) is 28.9 Å². The van der Waals surface area contributed by atoms with Crippen LogP contribution >= 0.6 is 11.3 Å². The molecule has 25 heavy (non-hydrogen) atoms. The molecule has 2 aromatic carbocycles. The zero-order valence-electron chi connectivity index (χ0n) is 13.4. The molecule has 0 aliphatic heterocycles. The predicted molar refractivity (Wildman–Crippen MR) is 103 cm³/mol. The van der Waals surface area contributed by atoms with E-state index in [0.29, 0.717) is 0 Å². The summed E-state index contributed by atoms with van der Waals surface area (Å²) in [6, 6.07) is 20.2. The molecule has 1 aliphatic carbocycles. The van der Waals surface area contributed by atoms with E-state index in [2.05, 4.69) is 47.2 Å². The van der Waals surface area contributed by atoms with Crippen LogP contribution in [0.2, 0.25) is 0 Å². The van der Waals surface area contributed by atoms with Crippen molar-refractivity contribution in [3.05, 3.63) is 82.6 Å². The van der Waals surface area contributed by atoms with Crippen LogP contribution in [0.5, 0.6) is 5.75 Å². The summed E-state index contributed by atoms with van der Waals surface area (Å²) >= 11 is 1.68. The number of fused-ring (bicyclic) bond motifs is 3. The smallest absolute Gasteiger partial charge is 0.115 e. The van der Waals surface area contributed by atoms with Crippen molar-refractivity contribution in [2.24, 2.45) is 0 Å². The SMILES string of the molecule is Oc1ccc(-c2cc(-c3ccsc3)nc3c2Cc2ccccc2-3)cc1. The Bertz CT molecular complexity index is 1070. The zero-order valence-corrected chi connectivity index (χ0v) is 14.3. The molecule has 1 aliphatic rings. The number of aromatic hydroxyl groups is 1. The van der Waals surface area contributed by atoms with Crippen LogP contribution in [-0.4, -0.2) is 10.1 Å². The minimum Gasteiger partial charge on any atom is -0.508 e. The Morgan fingerprint density at radius 1 is 0.880 bits per heavy atom. The monoisotopic (exact) mass is 341 g/mol. The van der Waals surface area contributed by atoms with Gasteiger partial charge in [-0.1, -0.05) is 36.4 Å². The molecule has 0 radical (unpaired) electrons. The van der Waals surface area contributed by atoms with Crippen molar-refractivity contribution in [1.29, 1.82) is 0 Å². The van der Waals surface area contributed by atoms with Crippen LogP contribution in [0.15, 0.2) is 71.4 Å². The van der Waals surface area contributed by atoms with Crippen molar-refractivity contribution >= 4 is 11.3 Å². The van der Waals surface area contributed by atoms with Crippen LogP contribution < -0.4 is 0 Å². The first kappa shape index (κ1) is 14.4. The van der Waals surface area contributed by atoms with Gasteiger partial charge in [0.1, 0.15) is 5.75 Å². The molecule has 5 rings (SSSR count). The van der Waals surface area contributed by atoms with Crippen LogP contribution in [0.25, 0.3) is 33.6 Å². The van der Waals surface area contributed by atoms with E-state index in [1.165, 1.54) is 22.3 Å². The molecular weight excluding hydrogens is 326 g/mol. The number of benzene rings is 2. The van der Waals surface area contributed by atoms with Crippen molar-refractivity contribution in [3.63, 3.8) is 0 Å². The Balaban J connectivity index is 1.79. The highest BCUT2D eigenvalue weighted by Gasteiger charge is 2.24. The molecule has 1 N–H and O–H groups in total. The number of hydrogen-bond donors (Lipinski definition) is 1. The summed E-state index contributed by atoms with van der Waals surface area (Å²) in [4.78, 5) is 5.00. The average Bonchev–Trinajstić information content (AvgIpc) is 3.29. The summed E-state index contributed by atoms with van der Waals surface area (Å²) in [5.41, 5.74) is 9.37. The molecule has 0 unspecified atom stereocenters. The van der Waals surface area contributed by atoms with Gasteiger partial charge in [0, 0.05) is 22.9 Å². The fourth-order valence-corrected chi connectivity index (χ4v) is 4.18. The van der Waals surface area contributed by atoms with Gasteiger partial charge in [-0.05, 0) is 51.9 Å². The Labute approximate surface area is 150 Å². The van der Waals surface area contributed by atoms with E-state index in [1.54, 1.807) is 23.5 Å². The topological polar surface area (TPSA) is 33.1 Å². The van der Waals surface area contributed by atoms with Crippen LogP contribution in [0.1, 0.15) is 11.1 Å². The molecule has 0 fully saturated rings. The second-order valence-corrected chi connectivity index (χ2v) is 7.06. The number of rotatable bonds is 2. The average molecular weight is 341 g/mol. The molecule has 2 aromatic heterocycles. The van der Waals surface area contributed by atoms with Gasteiger partial charge in [-0.2, -0.15) is 11.3 Å². The van der Waals surface area contributed by atoms with Crippen molar-refractivity contribution in [2.45, 2.75) is 6.42 Å². The predicted octanol–water partition coefficient (Wildman–Crippen LogP) is 5.75. The summed E-state index contributed by atoms with van der Waals surface area (Å²) in [6.45, 7) is 0. The summed E-state index contributed by atoms with van der Waals surface area (Å²) in [5, 5.41) is 13.8. The Morgan fingerprint density at radius 3 is 2.52 bits per heavy atom. The Hall–Kier alpha value is -2.91. The number of thiophene rings is 1. The second-order valence-electron chi connectivity index (χ2n) is 6.28. The van der Waals surface area contributed by atoms with Crippen molar-refractivity contribution in [1.82, 2.24) is 4.98 Å². The molecule has 0 saturated heterocycles. The Kier molecular flexibility index (Phi) is 3.22. The van der Waals surface area contributed by atoms with Gasteiger partial charge < -0.3 is 5.11 Å². The largest absolute Gasteiger partial charge is 0.508 e. The van der Waals surface area contributed by atoms with Gasteiger partial charge in [-0.3, -0.25) is 0 Å². The van der Waals surface area contributed by atoms with E-state index in [4.69, 9.17) is 4.98 Å². The molecule has 120 valence electrons. The molecule has 2 nitrogen and oxygen atoms in total. The van der Waals surface area contributed by atoms with Crippen LogP contribution in [0.3, 0.4) is 0 Å². The van der Waals surface area contributed by atoms with Gasteiger partial charge in [0.15, 0.2) is 0 Å². The number of aromatic nitrogens is 1. The molecule has 4 aromatic rings. The summed E-state index contributed by atoms with van der Waals surface area (Å²) in [6.07, 6.45) is 0.901. The summed E-state index contributed by atoms with van der Waals surface area (Å²) in [5.74, 6) is 0.288. The fourth-order valence-electron chi connectivity index (χ4n) is 3.53. The lowest BCUT2D eigenvalue weighted by atomic mass is 9.97. The third kappa shape index (κ3) is 2.36. The number of hydrogen-bond acceptors (Lipinski definition) is 3. The minimum atomic E-state index is 0.288. The molecule has 2 heterocycles. The van der Waals surface area contributed by atoms with Crippen LogP contribution in [0, 0.1) is 0 Å². The van der Waals surface area contributed by atoms with Gasteiger partial charge in [0.2, 0.25) is 0 Å². The van der Waals surface area contributed by atoms with Gasteiger partial charge in [-0.25, -0.2) is 4.98 Å². The van der Waals surface area contributed by atoms with Crippen molar-refractivity contribution < 1.29 is 5.11 Å². The van der Waals surface area contributed by atoms with Crippen molar-refractivity contribution in [2.75, 3.05) is 0 Å². The number of nitrogens with zero attached hydrogens (tertiary/aromatic N) is 1. The zero-order chi connectivity index (χ0) is 16.8. The summed E-state index contributed by atoms with van der Waals surface area (Å²) in [7, 11) is 0. The molecule has 0 saturated carbocycles. The van der Waals surface area contributed by atoms with Gasteiger partial charge in [0.05, 0.1) is 11.4 Å². The number of phenolic OH excluding ortho intramolecular Hbond substituents is 1. The second kappa shape index (κ2) is 5.57. The lowest BCUT2D eigenvalue weighted by Gasteiger charge is -2.11. The molecule has 0 bridgehead atoms. The first-order chi connectivity index (χ1) is 12.3. The first-order valence-corrected chi connectivity index (χ1v) is 9.18. The molecule has 0 spiro atoms. The highest BCUT2D eigenvalue weighted by atomic mass is 32.1. The van der Waals surface area contributed by atoms with Crippen molar-refractivity contribution in [3.8, 4) is 39.4 Å². The van der Waals surface area contributed by atoms with Crippen LogP contribution in [-0.2, 0) is 6.42 Å². The van der Waals surface area contributed by atoms with E-state index in [9.17, 15) is 5.11 Å². The highest BCUT2D eigenvalue weighted by molar-refractivity contribution is 7.08. The standard InChI is InChI=1S/C22H15NOS/c24-17-7-5-14(6-8-17)19-12-21(16-9-10-25-13-16)23-22-18-4-2-1-3-15(18)11-20(19)22/h1-10,12-13,24H,11H2. The fraction of sp³-hybridized carbons (Fsp3) is 0.0455. The number of phenols is 1. The first-order valence-electron chi connectivity index (χ1n) is 8.24. The lowest BCUT2D eigenvalue weighted by Crippen LogP contribution is -1.94. The maximum Gasteiger partial charge on any atom is 0.115 e. The molecule has 0 atom stereocenters. The van der Waals surface area contributed by atoms with Crippen LogP contribution in [0.4, 0.5) is 0 Å². The quantitative estimate of drug-likeness (QED) is 0.443.